The Kier molecular flexibility index (Phi) is 3.66. The zero-order valence-corrected chi connectivity index (χ0v) is 10.4. The van der Waals surface area contributed by atoms with Crippen LogP contribution >= 0.6 is 0 Å². The lowest BCUT2D eigenvalue weighted by molar-refractivity contribution is 0.102. The summed E-state index contributed by atoms with van der Waals surface area (Å²) in [5.74, 6) is -0.773. The molecule has 0 bridgehead atoms. The molecule has 0 unspecified atom stereocenters. The summed E-state index contributed by atoms with van der Waals surface area (Å²) >= 11 is 0. The number of rotatable bonds is 3. The summed E-state index contributed by atoms with van der Waals surface area (Å²) in [6, 6.07) is 9.77. The van der Waals surface area contributed by atoms with Crippen LogP contribution in [-0.2, 0) is 6.42 Å². The van der Waals surface area contributed by atoms with Crippen molar-refractivity contribution in [1.82, 2.24) is 4.98 Å². The molecule has 2 rings (SSSR count). The number of H-pyrrole nitrogens is 1. The molecule has 2 aromatic rings. The zero-order valence-electron chi connectivity index (χ0n) is 10.4. The Balaban J connectivity index is 2.17. The summed E-state index contributed by atoms with van der Waals surface area (Å²) in [6.07, 6.45) is 0.927. The van der Waals surface area contributed by atoms with Crippen molar-refractivity contribution in [3.63, 3.8) is 0 Å². The first kappa shape index (κ1) is 12.9. The van der Waals surface area contributed by atoms with Crippen molar-refractivity contribution >= 4 is 11.6 Å². The van der Waals surface area contributed by atoms with Gasteiger partial charge in [-0.3, -0.25) is 14.6 Å². The number of aromatic hydroxyl groups is 1. The molecule has 5 heteroatoms. The number of carbonyl (C=O) groups is 1. The van der Waals surface area contributed by atoms with Crippen molar-refractivity contribution in [2.45, 2.75) is 13.3 Å². The molecule has 1 aromatic heterocycles. The van der Waals surface area contributed by atoms with Crippen LogP contribution in [0.3, 0.4) is 0 Å². The van der Waals surface area contributed by atoms with Gasteiger partial charge in [-0.2, -0.15) is 0 Å². The van der Waals surface area contributed by atoms with Gasteiger partial charge in [-0.1, -0.05) is 19.1 Å². The van der Waals surface area contributed by atoms with E-state index in [1.165, 1.54) is 11.6 Å². The number of anilines is 1. The van der Waals surface area contributed by atoms with Crippen LogP contribution in [0.4, 0.5) is 5.69 Å². The second-order valence-electron chi connectivity index (χ2n) is 4.12. The highest BCUT2D eigenvalue weighted by molar-refractivity contribution is 6.04. The highest BCUT2D eigenvalue weighted by Crippen LogP contribution is 2.12. The summed E-state index contributed by atoms with van der Waals surface area (Å²) in [4.78, 5) is 25.2. The second-order valence-corrected chi connectivity index (χ2v) is 4.12. The van der Waals surface area contributed by atoms with E-state index in [1.807, 2.05) is 19.1 Å². The van der Waals surface area contributed by atoms with Crippen LogP contribution in [0.25, 0.3) is 0 Å². The van der Waals surface area contributed by atoms with E-state index < -0.39 is 11.5 Å². The van der Waals surface area contributed by atoms with Crippen LogP contribution < -0.4 is 10.9 Å². The normalized spacial score (nSPS) is 10.2. The van der Waals surface area contributed by atoms with Crippen LogP contribution in [0.2, 0.25) is 0 Å². The van der Waals surface area contributed by atoms with Crippen molar-refractivity contribution in [3.8, 4) is 5.88 Å². The van der Waals surface area contributed by atoms with Gasteiger partial charge >= 0.3 is 0 Å². The largest absolute Gasteiger partial charge is 0.494 e. The van der Waals surface area contributed by atoms with Gasteiger partial charge < -0.3 is 10.4 Å². The maximum Gasteiger partial charge on any atom is 0.256 e. The molecule has 0 atom stereocenters. The van der Waals surface area contributed by atoms with Crippen LogP contribution in [0, 0.1) is 0 Å². The Morgan fingerprint density at radius 3 is 2.53 bits per heavy atom. The fourth-order valence-corrected chi connectivity index (χ4v) is 1.69. The molecule has 0 radical (unpaired) electrons. The van der Waals surface area contributed by atoms with E-state index in [1.54, 1.807) is 12.1 Å². The lowest BCUT2D eigenvalue weighted by atomic mass is 10.1. The summed E-state index contributed by atoms with van der Waals surface area (Å²) in [7, 11) is 0. The first-order valence-electron chi connectivity index (χ1n) is 5.92. The molecular formula is C14H14N2O3. The molecule has 5 nitrogen and oxygen atoms in total. The molecule has 0 spiro atoms. The van der Waals surface area contributed by atoms with Crippen LogP contribution in [0.15, 0.2) is 41.2 Å². The molecule has 0 aliphatic rings. The summed E-state index contributed by atoms with van der Waals surface area (Å²) < 4.78 is 0. The topological polar surface area (TPSA) is 82.2 Å². The Morgan fingerprint density at radius 2 is 1.95 bits per heavy atom. The Labute approximate surface area is 109 Å². The third-order valence-corrected chi connectivity index (χ3v) is 2.71. The van der Waals surface area contributed by atoms with Gasteiger partial charge in [-0.25, -0.2) is 0 Å². The number of amides is 1. The molecule has 1 aromatic carbocycles. The lowest BCUT2D eigenvalue weighted by Gasteiger charge is -2.06. The summed E-state index contributed by atoms with van der Waals surface area (Å²) in [6.45, 7) is 2.05. The highest BCUT2D eigenvalue weighted by Gasteiger charge is 2.08. The molecule has 3 N–H and O–H groups in total. The number of carbonyl (C=O) groups excluding carboxylic acids is 1. The molecule has 0 aliphatic carbocycles. The van der Waals surface area contributed by atoms with Crippen LogP contribution in [0.1, 0.15) is 22.8 Å². The van der Waals surface area contributed by atoms with Gasteiger partial charge in [-0.15, -0.1) is 0 Å². The number of aromatic amines is 1. The Morgan fingerprint density at radius 1 is 1.26 bits per heavy atom. The highest BCUT2D eigenvalue weighted by atomic mass is 16.3. The molecule has 0 saturated heterocycles. The average Bonchev–Trinajstić information content (AvgIpc) is 2.38. The van der Waals surface area contributed by atoms with Gasteiger partial charge in [0.25, 0.3) is 11.5 Å². The molecular weight excluding hydrogens is 244 g/mol. The first-order chi connectivity index (χ1) is 9.08. The number of pyridine rings is 1. The number of aromatic nitrogens is 1. The van der Waals surface area contributed by atoms with E-state index >= 15 is 0 Å². The van der Waals surface area contributed by atoms with E-state index in [0.29, 0.717) is 5.69 Å². The van der Waals surface area contributed by atoms with E-state index in [4.69, 9.17) is 0 Å². The van der Waals surface area contributed by atoms with Gasteiger partial charge in [0.15, 0.2) is 5.88 Å². The Bertz CT molecular complexity index is 644. The van der Waals surface area contributed by atoms with Gasteiger partial charge in [0, 0.05) is 17.8 Å². The third-order valence-electron chi connectivity index (χ3n) is 2.71. The van der Waals surface area contributed by atoms with Crippen molar-refractivity contribution < 1.29 is 9.90 Å². The standard InChI is InChI=1S/C14H14N2O3/c1-2-9-3-5-11(6-4-9)15-14(19)10-7-12(17)16-13(18)8-10/h3-8H,2H2,1H3,(H,15,19)(H2,16,17,18). The number of benzene rings is 1. The van der Waals surface area contributed by atoms with Gasteiger partial charge in [0.1, 0.15) is 0 Å². The molecule has 1 amide bonds. The predicted octanol–water partition coefficient (Wildman–Crippen LogP) is 1.90. The van der Waals surface area contributed by atoms with E-state index in [0.717, 1.165) is 12.5 Å². The minimum absolute atomic E-state index is 0.112. The van der Waals surface area contributed by atoms with Crippen LogP contribution in [0.5, 0.6) is 5.88 Å². The van der Waals surface area contributed by atoms with Gasteiger partial charge in [0.2, 0.25) is 0 Å². The maximum absolute atomic E-state index is 11.9. The predicted molar refractivity (Wildman–Crippen MR) is 72.5 cm³/mol. The average molecular weight is 258 g/mol. The molecule has 1 heterocycles. The lowest BCUT2D eigenvalue weighted by Crippen LogP contribution is -2.15. The van der Waals surface area contributed by atoms with Crippen molar-refractivity contribution in [1.29, 1.82) is 0 Å². The summed E-state index contributed by atoms with van der Waals surface area (Å²) in [5, 5.41) is 11.9. The fourth-order valence-electron chi connectivity index (χ4n) is 1.69. The quantitative estimate of drug-likeness (QED) is 0.786. The zero-order chi connectivity index (χ0) is 13.8. The van der Waals surface area contributed by atoms with Crippen molar-refractivity contribution in [3.05, 3.63) is 57.9 Å². The van der Waals surface area contributed by atoms with Crippen LogP contribution in [-0.4, -0.2) is 16.0 Å². The SMILES string of the molecule is CCc1ccc(NC(=O)c2cc(O)[nH]c(=O)c2)cc1. The van der Waals surface area contributed by atoms with E-state index in [2.05, 4.69) is 10.3 Å². The minimum Gasteiger partial charge on any atom is -0.494 e. The first-order valence-corrected chi connectivity index (χ1v) is 5.92. The molecule has 0 fully saturated rings. The molecule has 98 valence electrons. The number of nitrogens with one attached hydrogen (secondary N) is 2. The molecule has 0 saturated carbocycles. The second kappa shape index (κ2) is 5.39. The number of hydrogen-bond acceptors (Lipinski definition) is 3. The Hall–Kier alpha value is -2.56. The smallest absolute Gasteiger partial charge is 0.256 e. The summed E-state index contributed by atoms with van der Waals surface area (Å²) in [5.41, 5.74) is 1.40. The number of hydrogen-bond donors (Lipinski definition) is 3. The van der Waals surface area contributed by atoms with Crippen molar-refractivity contribution in [2.75, 3.05) is 5.32 Å². The third kappa shape index (κ3) is 3.22. The maximum atomic E-state index is 11.9. The minimum atomic E-state index is -0.522. The van der Waals surface area contributed by atoms with E-state index in [9.17, 15) is 14.7 Å². The molecule has 0 aliphatic heterocycles. The van der Waals surface area contributed by atoms with E-state index in [-0.39, 0.29) is 11.4 Å². The fraction of sp³-hybridized carbons (Fsp3) is 0.143. The van der Waals surface area contributed by atoms with Gasteiger partial charge in [-0.05, 0) is 24.1 Å². The monoisotopic (exact) mass is 258 g/mol. The number of aryl methyl sites for hydroxylation is 1. The van der Waals surface area contributed by atoms with Gasteiger partial charge in [0.05, 0.1) is 5.56 Å². The van der Waals surface area contributed by atoms with Crippen molar-refractivity contribution in [2.24, 2.45) is 0 Å². The molecule has 19 heavy (non-hydrogen) atoms.